The topological polar surface area (TPSA) is 20.2 Å². The van der Waals surface area contributed by atoms with Crippen molar-refractivity contribution in [3.8, 4) is 0 Å². The highest BCUT2D eigenvalue weighted by atomic mass is 79.9. The molecular formula is C12H14BrFO. The van der Waals surface area contributed by atoms with Crippen molar-refractivity contribution >= 4 is 15.9 Å². The molecule has 2 rings (SSSR count). The molecule has 1 N–H and O–H groups in total. The summed E-state index contributed by atoms with van der Waals surface area (Å²) in [6.45, 7) is 0. The molecule has 0 radical (unpaired) electrons. The van der Waals surface area contributed by atoms with Crippen LogP contribution in [0.25, 0.3) is 0 Å². The van der Waals surface area contributed by atoms with Gasteiger partial charge in [-0.25, -0.2) is 4.39 Å². The van der Waals surface area contributed by atoms with Crippen molar-refractivity contribution < 1.29 is 9.50 Å². The van der Waals surface area contributed by atoms with Gasteiger partial charge in [0.25, 0.3) is 0 Å². The Labute approximate surface area is 97.4 Å². The predicted octanol–water partition coefficient (Wildman–Crippen LogP) is 3.29. The number of hydrogen-bond acceptors (Lipinski definition) is 1. The monoisotopic (exact) mass is 272 g/mol. The molecule has 15 heavy (non-hydrogen) atoms. The summed E-state index contributed by atoms with van der Waals surface area (Å²) in [5, 5.41) is 9.71. The van der Waals surface area contributed by atoms with E-state index in [1.807, 2.05) is 0 Å². The van der Waals surface area contributed by atoms with Crippen molar-refractivity contribution in [3.05, 3.63) is 34.1 Å². The Morgan fingerprint density at radius 3 is 2.80 bits per heavy atom. The van der Waals surface area contributed by atoms with E-state index in [0.29, 0.717) is 5.92 Å². The number of halogens is 2. The van der Waals surface area contributed by atoms with E-state index in [1.165, 1.54) is 12.1 Å². The van der Waals surface area contributed by atoms with Crippen LogP contribution in [0.1, 0.15) is 24.8 Å². The van der Waals surface area contributed by atoms with E-state index in [2.05, 4.69) is 15.9 Å². The van der Waals surface area contributed by atoms with Crippen molar-refractivity contribution in [3.63, 3.8) is 0 Å². The molecule has 1 nitrogen and oxygen atoms in total. The molecule has 1 atom stereocenters. The molecule has 0 spiro atoms. The molecular weight excluding hydrogens is 259 g/mol. The number of aliphatic hydroxyl groups is 1. The molecule has 3 heteroatoms. The molecule has 0 bridgehead atoms. The van der Waals surface area contributed by atoms with Gasteiger partial charge < -0.3 is 5.11 Å². The summed E-state index contributed by atoms with van der Waals surface area (Å²) in [5.41, 5.74) is 1.07. The van der Waals surface area contributed by atoms with Gasteiger partial charge in [-0.05, 0) is 49.3 Å². The summed E-state index contributed by atoms with van der Waals surface area (Å²) in [7, 11) is 0. The van der Waals surface area contributed by atoms with E-state index in [1.54, 1.807) is 6.07 Å². The zero-order valence-corrected chi connectivity index (χ0v) is 10.0. The molecule has 82 valence electrons. The second-order valence-electron chi connectivity index (χ2n) is 4.18. The smallest absolute Gasteiger partial charge is 0.124 e. The largest absolute Gasteiger partial charge is 0.393 e. The Kier molecular flexibility index (Phi) is 3.42. The third-order valence-electron chi connectivity index (χ3n) is 2.89. The SMILES string of the molecule is OC(CCc1ccc(F)cc1Br)C1CC1. The molecule has 1 unspecified atom stereocenters. The van der Waals surface area contributed by atoms with E-state index < -0.39 is 0 Å². The van der Waals surface area contributed by atoms with Crippen LogP contribution in [0.15, 0.2) is 22.7 Å². The lowest BCUT2D eigenvalue weighted by Crippen LogP contribution is -2.10. The number of aliphatic hydroxyl groups excluding tert-OH is 1. The molecule has 0 heterocycles. The number of rotatable bonds is 4. The molecule has 0 aromatic heterocycles. The number of hydrogen-bond donors (Lipinski definition) is 1. The molecule has 1 aromatic carbocycles. The highest BCUT2D eigenvalue weighted by Gasteiger charge is 2.29. The first-order valence-corrected chi connectivity index (χ1v) is 6.08. The fourth-order valence-electron chi connectivity index (χ4n) is 1.74. The van der Waals surface area contributed by atoms with Crippen LogP contribution in [0.5, 0.6) is 0 Å². The van der Waals surface area contributed by atoms with Gasteiger partial charge in [-0.2, -0.15) is 0 Å². The molecule has 0 saturated heterocycles. The second kappa shape index (κ2) is 4.62. The summed E-state index contributed by atoms with van der Waals surface area (Å²) < 4.78 is 13.6. The third kappa shape index (κ3) is 3.02. The number of benzene rings is 1. The average Bonchev–Trinajstić information content (AvgIpc) is 2.99. The summed E-state index contributed by atoms with van der Waals surface area (Å²) in [6, 6.07) is 4.71. The predicted molar refractivity (Wildman–Crippen MR) is 61.2 cm³/mol. The van der Waals surface area contributed by atoms with Crippen LogP contribution in [-0.2, 0) is 6.42 Å². The zero-order chi connectivity index (χ0) is 10.8. The summed E-state index contributed by atoms with van der Waals surface area (Å²) in [4.78, 5) is 0. The van der Waals surface area contributed by atoms with Crippen LogP contribution in [0, 0.1) is 11.7 Å². The Morgan fingerprint density at radius 2 is 2.20 bits per heavy atom. The second-order valence-corrected chi connectivity index (χ2v) is 5.03. The van der Waals surface area contributed by atoms with E-state index in [4.69, 9.17) is 0 Å². The fourth-order valence-corrected chi connectivity index (χ4v) is 2.29. The maximum atomic E-state index is 12.8. The lowest BCUT2D eigenvalue weighted by molar-refractivity contribution is 0.142. The van der Waals surface area contributed by atoms with E-state index in [-0.39, 0.29) is 11.9 Å². The van der Waals surface area contributed by atoms with E-state index in [0.717, 1.165) is 35.7 Å². The van der Waals surface area contributed by atoms with Gasteiger partial charge in [0.2, 0.25) is 0 Å². The van der Waals surface area contributed by atoms with Gasteiger partial charge in [0.15, 0.2) is 0 Å². The van der Waals surface area contributed by atoms with Crippen molar-refractivity contribution in [2.45, 2.75) is 31.8 Å². The Hall–Kier alpha value is -0.410. The van der Waals surface area contributed by atoms with Crippen LogP contribution in [-0.4, -0.2) is 11.2 Å². The molecule has 0 aliphatic heterocycles. The third-order valence-corrected chi connectivity index (χ3v) is 3.63. The van der Waals surface area contributed by atoms with Crippen LogP contribution in [0.3, 0.4) is 0 Å². The molecule has 1 aliphatic carbocycles. The Morgan fingerprint density at radius 1 is 1.47 bits per heavy atom. The number of aryl methyl sites for hydroxylation is 1. The van der Waals surface area contributed by atoms with Gasteiger partial charge in [0.1, 0.15) is 5.82 Å². The van der Waals surface area contributed by atoms with Crippen molar-refractivity contribution in [1.82, 2.24) is 0 Å². The first-order chi connectivity index (χ1) is 7.16. The molecule has 0 amide bonds. The van der Waals surface area contributed by atoms with Crippen molar-refractivity contribution in [2.24, 2.45) is 5.92 Å². The molecule has 1 aliphatic rings. The highest BCUT2D eigenvalue weighted by Crippen LogP contribution is 2.34. The normalized spacial score (nSPS) is 17.8. The first-order valence-electron chi connectivity index (χ1n) is 5.29. The van der Waals surface area contributed by atoms with E-state index in [9.17, 15) is 9.50 Å². The molecule has 1 fully saturated rings. The lowest BCUT2D eigenvalue weighted by atomic mass is 10.0. The van der Waals surface area contributed by atoms with Gasteiger partial charge in [-0.15, -0.1) is 0 Å². The molecule has 1 saturated carbocycles. The minimum absolute atomic E-state index is 0.179. The van der Waals surface area contributed by atoms with Gasteiger partial charge in [-0.3, -0.25) is 0 Å². The quantitative estimate of drug-likeness (QED) is 0.892. The summed E-state index contributed by atoms with van der Waals surface area (Å²) >= 11 is 3.33. The van der Waals surface area contributed by atoms with E-state index >= 15 is 0 Å². The standard InChI is InChI=1S/C12H14BrFO/c13-11-7-10(14)5-3-8(11)4-6-12(15)9-1-2-9/h3,5,7,9,12,15H,1-2,4,6H2. The fraction of sp³-hybridized carbons (Fsp3) is 0.500. The highest BCUT2D eigenvalue weighted by molar-refractivity contribution is 9.10. The lowest BCUT2D eigenvalue weighted by Gasteiger charge is -2.09. The minimum atomic E-state index is -0.228. The average molecular weight is 273 g/mol. The van der Waals surface area contributed by atoms with Gasteiger partial charge >= 0.3 is 0 Å². The first kappa shape index (κ1) is 11.1. The summed E-state index contributed by atoms with van der Waals surface area (Å²) in [5.74, 6) is 0.289. The Bertz CT molecular complexity index is 349. The van der Waals surface area contributed by atoms with Crippen LogP contribution in [0.4, 0.5) is 4.39 Å². The van der Waals surface area contributed by atoms with Gasteiger partial charge in [0.05, 0.1) is 6.10 Å². The maximum Gasteiger partial charge on any atom is 0.124 e. The van der Waals surface area contributed by atoms with Crippen molar-refractivity contribution in [1.29, 1.82) is 0 Å². The van der Waals surface area contributed by atoms with Gasteiger partial charge in [-0.1, -0.05) is 22.0 Å². The van der Waals surface area contributed by atoms with Crippen molar-refractivity contribution in [2.75, 3.05) is 0 Å². The van der Waals surface area contributed by atoms with Crippen LogP contribution in [0.2, 0.25) is 0 Å². The van der Waals surface area contributed by atoms with Crippen LogP contribution < -0.4 is 0 Å². The Balaban J connectivity index is 1.92. The van der Waals surface area contributed by atoms with Gasteiger partial charge in [0, 0.05) is 4.47 Å². The summed E-state index contributed by atoms with van der Waals surface area (Å²) in [6.07, 6.45) is 3.72. The molecule has 1 aromatic rings. The zero-order valence-electron chi connectivity index (χ0n) is 8.42. The van der Waals surface area contributed by atoms with Crippen LogP contribution >= 0.6 is 15.9 Å². The maximum absolute atomic E-state index is 12.8. The minimum Gasteiger partial charge on any atom is -0.393 e.